The van der Waals surface area contributed by atoms with Crippen LogP contribution in [-0.2, 0) is 12.4 Å². The Kier molecular flexibility index (Phi) is 6.45. The van der Waals surface area contributed by atoms with Crippen molar-refractivity contribution in [3.63, 3.8) is 0 Å². The predicted molar refractivity (Wildman–Crippen MR) is 124 cm³/mol. The molecule has 0 atom stereocenters. The fourth-order valence-electron chi connectivity index (χ4n) is 3.14. The minimum absolute atomic E-state index is 0.228. The zero-order valence-corrected chi connectivity index (χ0v) is 19.4. The number of nitrogen functional groups attached to an aromatic ring is 1. The van der Waals surface area contributed by atoms with Crippen molar-refractivity contribution in [2.24, 2.45) is 0 Å². The summed E-state index contributed by atoms with van der Waals surface area (Å²) in [7, 11) is 0. The number of rotatable bonds is 8. The number of aryl methyl sites for hydroxylation is 2. The van der Waals surface area contributed by atoms with Gasteiger partial charge in [-0.15, -0.1) is 20.4 Å². The molecule has 0 aliphatic heterocycles. The number of ether oxygens (including phenoxy) is 1. The summed E-state index contributed by atoms with van der Waals surface area (Å²) in [5.74, 6) is 9.34. The van der Waals surface area contributed by atoms with Crippen molar-refractivity contribution >= 4 is 11.8 Å². The highest BCUT2D eigenvalue weighted by atomic mass is 32.2. The SMILES string of the molecule is Cc1ccc(-c2nnc(CSc3nnc(COc4cc(C)ccc4C(C)C)n3N)o2)cc1. The normalized spacial score (nSPS) is 11.3. The molecule has 0 saturated heterocycles. The van der Waals surface area contributed by atoms with Gasteiger partial charge in [-0.05, 0) is 49.1 Å². The third kappa shape index (κ3) is 4.94. The summed E-state index contributed by atoms with van der Waals surface area (Å²) in [5, 5.41) is 17.1. The van der Waals surface area contributed by atoms with Gasteiger partial charge in [0, 0.05) is 5.56 Å². The van der Waals surface area contributed by atoms with E-state index in [1.54, 1.807) is 0 Å². The van der Waals surface area contributed by atoms with Crippen LogP contribution < -0.4 is 10.6 Å². The second-order valence-corrected chi connectivity index (χ2v) is 8.85. The molecule has 0 unspecified atom stereocenters. The number of benzene rings is 2. The predicted octanol–water partition coefficient (Wildman–Crippen LogP) is 4.65. The van der Waals surface area contributed by atoms with E-state index in [0.717, 1.165) is 22.4 Å². The van der Waals surface area contributed by atoms with Gasteiger partial charge in [0.05, 0.1) is 5.75 Å². The number of aromatic nitrogens is 5. The molecule has 0 saturated carbocycles. The molecular formula is C23H26N6O2S. The monoisotopic (exact) mass is 450 g/mol. The smallest absolute Gasteiger partial charge is 0.247 e. The number of nitrogens with zero attached hydrogens (tertiary/aromatic N) is 5. The molecule has 0 aliphatic rings. The van der Waals surface area contributed by atoms with Crippen molar-refractivity contribution < 1.29 is 9.15 Å². The molecule has 0 aliphatic carbocycles. The average Bonchev–Trinajstić information content (AvgIpc) is 3.38. The summed E-state index contributed by atoms with van der Waals surface area (Å²) in [6.45, 7) is 8.58. The van der Waals surface area contributed by atoms with Gasteiger partial charge in [0.15, 0.2) is 5.82 Å². The van der Waals surface area contributed by atoms with E-state index in [1.807, 2.05) is 44.2 Å². The van der Waals surface area contributed by atoms with Gasteiger partial charge in [0.25, 0.3) is 0 Å². The van der Waals surface area contributed by atoms with Gasteiger partial charge in [0.2, 0.25) is 16.9 Å². The van der Waals surface area contributed by atoms with E-state index in [-0.39, 0.29) is 6.61 Å². The summed E-state index contributed by atoms with van der Waals surface area (Å²) in [6.07, 6.45) is 0. The molecule has 0 bridgehead atoms. The van der Waals surface area contributed by atoms with Gasteiger partial charge in [-0.1, -0.05) is 55.4 Å². The van der Waals surface area contributed by atoms with Crippen LogP contribution in [0.2, 0.25) is 0 Å². The third-order valence-corrected chi connectivity index (χ3v) is 5.90. The largest absolute Gasteiger partial charge is 0.485 e. The van der Waals surface area contributed by atoms with Crippen molar-refractivity contribution in [2.45, 2.75) is 51.1 Å². The summed E-state index contributed by atoms with van der Waals surface area (Å²) < 4.78 is 13.2. The highest BCUT2D eigenvalue weighted by molar-refractivity contribution is 7.98. The van der Waals surface area contributed by atoms with Crippen LogP contribution >= 0.6 is 11.8 Å². The highest BCUT2D eigenvalue weighted by Crippen LogP contribution is 2.28. The Morgan fingerprint density at radius 1 is 1.00 bits per heavy atom. The van der Waals surface area contributed by atoms with Gasteiger partial charge in [-0.25, -0.2) is 4.68 Å². The first-order valence-corrected chi connectivity index (χ1v) is 11.3. The molecule has 4 rings (SSSR count). The lowest BCUT2D eigenvalue weighted by atomic mass is 10.0. The van der Waals surface area contributed by atoms with Crippen molar-refractivity contribution in [2.75, 3.05) is 5.84 Å². The molecule has 0 radical (unpaired) electrons. The van der Waals surface area contributed by atoms with Gasteiger partial charge >= 0.3 is 0 Å². The zero-order chi connectivity index (χ0) is 22.7. The Hall–Kier alpha value is -3.33. The van der Waals surface area contributed by atoms with Crippen molar-refractivity contribution in [1.82, 2.24) is 25.1 Å². The molecule has 166 valence electrons. The van der Waals surface area contributed by atoms with E-state index < -0.39 is 0 Å². The van der Waals surface area contributed by atoms with Crippen LogP contribution in [-0.4, -0.2) is 25.1 Å². The van der Waals surface area contributed by atoms with Crippen molar-refractivity contribution in [3.05, 3.63) is 70.9 Å². The molecule has 2 heterocycles. The third-order valence-electron chi connectivity index (χ3n) is 4.97. The van der Waals surface area contributed by atoms with Crippen LogP contribution in [0.1, 0.15) is 48.2 Å². The Labute approximate surface area is 191 Å². The second-order valence-electron chi connectivity index (χ2n) is 7.91. The van der Waals surface area contributed by atoms with Crippen molar-refractivity contribution in [1.29, 1.82) is 0 Å². The lowest BCUT2D eigenvalue weighted by molar-refractivity contribution is 0.287. The summed E-state index contributed by atoms with van der Waals surface area (Å²) in [6, 6.07) is 14.2. The molecule has 0 amide bonds. The summed E-state index contributed by atoms with van der Waals surface area (Å²) in [4.78, 5) is 0. The molecule has 2 N–H and O–H groups in total. The van der Waals surface area contributed by atoms with E-state index in [1.165, 1.54) is 22.0 Å². The fourth-order valence-corrected chi connectivity index (χ4v) is 3.85. The summed E-state index contributed by atoms with van der Waals surface area (Å²) in [5.41, 5.74) is 4.35. The van der Waals surface area contributed by atoms with Crippen LogP contribution in [0.15, 0.2) is 52.0 Å². The second kappa shape index (κ2) is 9.44. The first-order chi connectivity index (χ1) is 15.4. The van der Waals surface area contributed by atoms with Gasteiger partial charge in [0.1, 0.15) is 12.4 Å². The number of thioether (sulfide) groups is 1. The van der Waals surface area contributed by atoms with E-state index >= 15 is 0 Å². The zero-order valence-electron chi connectivity index (χ0n) is 18.6. The number of hydrogen-bond donors (Lipinski definition) is 1. The molecular weight excluding hydrogens is 424 g/mol. The van der Waals surface area contributed by atoms with Crippen molar-refractivity contribution in [3.8, 4) is 17.2 Å². The van der Waals surface area contributed by atoms with Gasteiger partial charge < -0.3 is 15.0 Å². The quantitative estimate of drug-likeness (QED) is 0.305. The van der Waals surface area contributed by atoms with Crippen LogP contribution in [0.4, 0.5) is 0 Å². The first-order valence-electron chi connectivity index (χ1n) is 10.4. The van der Waals surface area contributed by atoms with E-state index in [9.17, 15) is 0 Å². The van der Waals surface area contributed by atoms with Crippen LogP contribution in [0.25, 0.3) is 11.5 Å². The lowest BCUT2D eigenvalue weighted by Gasteiger charge is -2.14. The minimum Gasteiger partial charge on any atom is -0.485 e. The highest BCUT2D eigenvalue weighted by Gasteiger charge is 2.15. The molecule has 9 heteroatoms. The molecule has 4 aromatic rings. The maximum Gasteiger partial charge on any atom is 0.247 e. The number of nitrogens with two attached hydrogens (primary N) is 1. The standard InChI is InChI=1S/C23H26N6O2S/c1-14(2)18-10-7-16(4)11-19(18)30-12-20-25-28-23(29(20)24)32-13-21-26-27-22(31-21)17-8-5-15(3)6-9-17/h5-11,14H,12-13,24H2,1-4H3. The first kappa shape index (κ1) is 21.9. The minimum atomic E-state index is 0.228. The van der Waals surface area contributed by atoms with E-state index in [4.69, 9.17) is 15.0 Å². The van der Waals surface area contributed by atoms with Gasteiger partial charge in [-0.3, -0.25) is 0 Å². The Morgan fingerprint density at radius 2 is 1.75 bits per heavy atom. The fraction of sp³-hybridized carbons (Fsp3) is 0.304. The Bertz CT molecular complexity index is 1200. The van der Waals surface area contributed by atoms with E-state index in [2.05, 4.69) is 46.4 Å². The topological polar surface area (TPSA) is 105 Å². The van der Waals surface area contributed by atoms with Crippen LogP contribution in [0.3, 0.4) is 0 Å². The average molecular weight is 451 g/mol. The molecule has 0 spiro atoms. The lowest BCUT2D eigenvalue weighted by Crippen LogP contribution is -2.16. The molecule has 2 aromatic carbocycles. The van der Waals surface area contributed by atoms with Crippen LogP contribution in [0, 0.1) is 13.8 Å². The maximum absolute atomic E-state index is 6.19. The molecule has 8 nitrogen and oxygen atoms in total. The molecule has 0 fully saturated rings. The summed E-state index contributed by atoms with van der Waals surface area (Å²) >= 11 is 1.38. The van der Waals surface area contributed by atoms with E-state index in [0.29, 0.717) is 34.4 Å². The Morgan fingerprint density at radius 3 is 2.50 bits per heavy atom. The molecule has 32 heavy (non-hydrogen) atoms. The Balaban J connectivity index is 1.39. The maximum atomic E-state index is 6.19. The van der Waals surface area contributed by atoms with Crippen LogP contribution in [0.5, 0.6) is 5.75 Å². The van der Waals surface area contributed by atoms with Gasteiger partial charge in [-0.2, -0.15) is 0 Å². The molecule has 2 aromatic heterocycles. The number of hydrogen-bond acceptors (Lipinski definition) is 8.